The molecule has 0 saturated carbocycles. The summed E-state index contributed by atoms with van der Waals surface area (Å²) < 4.78 is 6.29. The number of benzene rings is 6. The molecule has 0 saturated heterocycles. The molecule has 2 heterocycles. The Morgan fingerprint density at radius 1 is 0.429 bits per heavy atom. The number of pyridine rings is 1. The van der Waals surface area contributed by atoms with Gasteiger partial charge >= 0.3 is 0 Å². The van der Waals surface area contributed by atoms with Gasteiger partial charge in [0.25, 0.3) is 0 Å². The highest BCUT2D eigenvalue weighted by atomic mass is 16.3. The minimum atomic E-state index is 0.865. The fourth-order valence-electron chi connectivity index (χ4n) is 5.87. The quantitative estimate of drug-likeness (QED) is 0.218. The van der Waals surface area contributed by atoms with Crippen molar-refractivity contribution < 1.29 is 4.42 Å². The normalized spacial score (nSPS) is 11.3. The van der Waals surface area contributed by atoms with E-state index in [0.717, 1.165) is 49.9 Å². The zero-order valence-corrected chi connectivity index (χ0v) is 22.8. The van der Waals surface area contributed by atoms with Crippen molar-refractivity contribution in [3.05, 3.63) is 158 Å². The van der Waals surface area contributed by atoms with Gasteiger partial charge in [0.15, 0.2) is 0 Å². The number of aromatic nitrogens is 1. The molecule has 0 amide bonds. The summed E-state index contributed by atoms with van der Waals surface area (Å²) in [6, 6.07) is 53.2. The number of furan rings is 1. The van der Waals surface area contributed by atoms with Crippen LogP contribution in [-0.4, -0.2) is 4.98 Å². The van der Waals surface area contributed by atoms with E-state index in [1.165, 1.54) is 22.3 Å². The van der Waals surface area contributed by atoms with Crippen LogP contribution in [0.15, 0.2) is 162 Å². The lowest BCUT2D eigenvalue weighted by Crippen LogP contribution is -2.09. The predicted molar refractivity (Wildman–Crippen MR) is 175 cm³/mol. The Bertz CT molecular complexity index is 2080. The lowest BCUT2D eigenvalue weighted by atomic mass is 10.0. The van der Waals surface area contributed by atoms with Gasteiger partial charge in [-0.2, -0.15) is 0 Å². The van der Waals surface area contributed by atoms with Gasteiger partial charge in [0, 0.05) is 39.4 Å². The first-order valence-corrected chi connectivity index (χ1v) is 14.1. The van der Waals surface area contributed by atoms with E-state index in [1.807, 2.05) is 36.5 Å². The molecule has 8 aromatic rings. The van der Waals surface area contributed by atoms with Gasteiger partial charge in [0.2, 0.25) is 0 Å². The minimum absolute atomic E-state index is 0.865. The van der Waals surface area contributed by atoms with Gasteiger partial charge in [-0.3, -0.25) is 4.98 Å². The molecule has 198 valence electrons. The van der Waals surface area contributed by atoms with E-state index in [4.69, 9.17) is 4.42 Å². The molecule has 8 rings (SSSR count). The fraction of sp³-hybridized carbons (Fsp3) is 0. The highest BCUT2D eigenvalue weighted by Gasteiger charge is 2.17. The second-order valence-corrected chi connectivity index (χ2v) is 10.5. The van der Waals surface area contributed by atoms with Crippen molar-refractivity contribution in [2.24, 2.45) is 0 Å². The summed E-state index contributed by atoms with van der Waals surface area (Å²) in [5.74, 6) is 0. The van der Waals surface area contributed by atoms with E-state index in [0.29, 0.717) is 0 Å². The van der Waals surface area contributed by atoms with Crippen molar-refractivity contribution in [2.75, 3.05) is 4.90 Å². The molecule has 0 fully saturated rings. The van der Waals surface area contributed by atoms with Gasteiger partial charge in [-0.1, -0.05) is 91.0 Å². The van der Waals surface area contributed by atoms with Gasteiger partial charge in [0.05, 0.1) is 5.52 Å². The molecular weight excluding hydrogens is 512 g/mol. The van der Waals surface area contributed by atoms with Crippen molar-refractivity contribution in [3.8, 4) is 22.3 Å². The topological polar surface area (TPSA) is 29.3 Å². The Morgan fingerprint density at radius 2 is 0.976 bits per heavy atom. The summed E-state index contributed by atoms with van der Waals surface area (Å²) in [6.45, 7) is 0. The molecule has 0 unspecified atom stereocenters. The first-order chi connectivity index (χ1) is 20.8. The number of nitrogens with zero attached hydrogens (tertiary/aromatic N) is 2. The zero-order valence-electron chi connectivity index (χ0n) is 22.8. The third kappa shape index (κ3) is 4.20. The SMILES string of the molecule is c1ccc(-c2ccc(N(c3ccc(-c4ccccc4)cc3)c3ccc4oc5ccc6ncccc6c5c4c3)cc2)cc1. The van der Waals surface area contributed by atoms with E-state index in [9.17, 15) is 0 Å². The first kappa shape index (κ1) is 24.2. The van der Waals surface area contributed by atoms with E-state index in [2.05, 4.69) is 131 Å². The van der Waals surface area contributed by atoms with Crippen LogP contribution in [0.25, 0.3) is 55.1 Å². The van der Waals surface area contributed by atoms with Crippen LogP contribution < -0.4 is 4.90 Å². The van der Waals surface area contributed by atoms with Crippen LogP contribution in [0.2, 0.25) is 0 Å². The van der Waals surface area contributed by atoms with Crippen LogP contribution in [0.5, 0.6) is 0 Å². The molecule has 0 atom stereocenters. The fourth-order valence-corrected chi connectivity index (χ4v) is 5.87. The number of fused-ring (bicyclic) bond motifs is 5. The molecule has 3 nitrogen and oxygen atoms in total. The molecule has 0 radical (unpaired) electrons. The second kappa shape index (κ2) is 10.1. The monoisotopic (exact) mass is 538 g/mol. The van der Waals surface area contributed by atoms with Gasteiger partial charge in [0.1, 0.15) is 11.2 Å². The summed E-state index contributed by atoms with van der Waals surface area (Å²) >= 11 is 0. The van der Waals surface area contributed by atoms with E-state index in [-0.39, 0.29) is 0 Å². The summed E-state index contributed by atoms with van der Waals surface area (Å²) in [5, 5.41) is 3.26. The van der Waals surface area contributed by atoms with Crippen molar-refractivity contribution in [1.29, 1.82) is 0 Å². The zero-order chi connectivity index (χ0) is 27.9. The van der Waals surface area contributed by atoms with Gasteiger partial charge in [-0.05, 0) is 82.9 Å². The van der Waals surface area contributed by atoms with E-state index >= 15 is 0 Å². The standard InChI is InChI=1S/C39H26N2O/c1-3-8-27(9-4-1)29-13-17-31(18-14-29)41(32-19-15-30(16-20-32)28-10-5-2-6-11-28)33-21-23-37-35(26-33)39-34-12-7-25-40-36(34)22-24-38(39)42-37/h1-26H. The lowest BCUT2D eigenvalue weighted by Gasteiger charge is -2.26. The third-order valence-electron chi connectivity index (χ3n) is 7.92. The average Bonchev–Trinajstić information content (AvgIpc) is 3.45. The summed E-state index contributed by atoms with van der Waals surface area (Å²) in [4.78, 5) is 6.90. The molecule has 0 aliphatic rings. The Balaban J connectivity index is 1.29. The van der Waals surface area contributed by atoms with Crippen LogP contribution in [0.4, 0.5) is 17.1 Å². The van der Waals surface area contributed by atoms with Gasteiger partial charge in [-0.15, -0.1) is 0 Å². The number of rotatable bonds is 5. The van der Waals surface area contributed by atoms with Crippen molar-refractivity contribution >= 4 is 49.9 Å². The molecule has 6 aromatic carbocycles. The predicted octanol–water partition coefficient (Wildman–Crippen LogP) is 10.9. The van der Waals surface area contributed by atoms with Crippen LogP contribution in [0.3, 0.4) is 0 Å². The number of anilines is 3. The Morgan fingerprint density at radius 3 is 1.60 bits per heavy atom. The highest BCUT2D eigenvalue weighted by molar-refractivity contribution is 6.18. The summed E-state index contributed by atoms with van der Waals surface area (Å²) in [7, 11) is 0. The maximum absolute atomic E-state index is 6.29. The lowest BCUT2D eigenvalue weighted by molar-refractivity contribution is 0.669. The summed E-state index contributed by atoms with van der Waals surface area (Å²) in [6.07, 6.45) is 1.84. The average molecular weight is 539 g/mol. The number of hydrogen-bond acceptors (Lipinski definition) is 3. The van der Waals surface area contributed by atoms with Crippen molar-refractivity contribution in [1.82, 2.24) is 4.98 Å². The molecular formula is C39H26N2O. The van der Waals surface area contributed by atoms with E-state index in [1.54, 1.807) is 0 Å². The minimum Gasteiger partial charge on any atom is -0.456 e. The van der Waals surface area contributed by atoms with Crippen LogP contribution in [-0.2, 0) is 0 Å². The molecule has 3 heteroatoms. The smallest absolute Gasteiger partial charge is 0.136 e. The van der Waals surface area contributed by atoms with Crippen molar-refractivity contribution in [2.45, 2.75) is 0 Å². The van der Waals surface area contributed by atoms with Crippen LogP contribution >= 0.6 is 0 Å². The van der Waals surface area contributed by atoms with Gasteiger partial charge < -0.3 is 9.32 Å². The van der Waals surface area contributed by atoms with Crippen molar-refractivity contribution in [3.63, 3.8) is 0 Å². The number of hydrogen-bond donors (Lipinski definition) is 0. The Hall–Kier alpha value is -5.67. The molecule has 0 N–H and O–H groups in total. The Kier molecular flexibility index (Phi) is 5.79. The molecule has 0 bridgehead atoms. The molecule has 0 spiro atoms. The van der Waals surface area contributed by atoms with Crippen LogP contribution in [0.1, 0.15) is 0 Å². The maximum atomic E-state index is 6.29. The van der Waals surface area contributed by atoms with E-state index < -0.39 is 0 Å². The largest absolute Gasteiger partial charge is 0.456 e. The third-order valence-corrected chi connectivity index (χ3v) is 7.92. The maximum Gasteiger partial charge on any atom is 0.136 e. The molecule has 42 heavy (non-hydrogen) atoms. The second-order valence-electron chi connectivity index (χ2n) is 10.5. The molecule has 0 aliphatic heterocycles. The molecule has 2 aromatic heterocycles. The molecule has 0 aliphatic carbocycles. The van der Waals surface area contributed by atoms with Gasteiger partial charge in [-0.25, -0.2) is 0 Å². The first-order valence-electron chi connectivity index (χ1n) is 14.1. The highest BCUT2D eigenvalue weighted by Crippen LogP contribution is 2.41. The Labute approximate surface area is 243 Å². The van der Waals surface area contributed by atoms with Crippen LogP contribution in [0, 0.1) is 0 Å². The summed E-state index contributed by atoms with van der Waals surface area (Å²) in [5.41, 5.74) is 10.7.